The van der Waals surface area contributed by atoms with Crippen LogP contribution in [0.3, 0.4) is 0 Å². The molecule has 25 heavy (non-hydrogen) atoms. The summed E-state index contributed by atoms with van der Waals surface area (Å²) in [7, 11) is 0. The molecule has 5 nitrogen and oxygen atoms in total. The highest BCUT2D eigenvalue weighted by molar-refractivity contribution is 5.99. The Hall–Kier alpha value is -2.14. The van der Waals surface area contributed by atoms with E-state index in [9.17, 15) is 19.8 Å². The minimum atomic E-state index is -1.16. The molecule has 0 bridgehead atoms. The molecule has 1 fully saturated rings. The van der Waals surface area contributed by atoms with Crippen LogP contribution in [0, 0.1) is 5.92 Å². The molecule has 1 aliphatic heterocycles. The Morgan fingerprint density at radius 2 is 1.52 bits per heavy atom. The number of aliphatic carboxylic acids is 2. The Balaban J connectivity index is 2.49. The van der Waals surface area contributed by atoms with Gasteiger partial charge < -0.3 is 15.5 Å². The monoisotopic (exact) mass is 345 g/mol. The topological polar surface area (TPSA) is 86.6 Å². The summed E-state index contributed by atoms with van der Waals surface area (Å²) >= 11 is 0. The van der Waals surface area contributed by atoms with Gasteiger partial charge >= 0.3 is 11.9 Å². The molecular weight excluding hydrogens is 318 g/mol. The minimum absolute atomic E-state index is 0.0165. The normalized spacial score (nSPS) is 20.6. The summed E-state index contributed by atoms with van der Waals surface area (Å²) in [6.07, 6.45) is 1.29. The van der Waals surface area contributed by atoms with Gasteiger partial charge in [0.05, 0.1) is 11.1 Å². The molecule has 0 aliphatic carbocycles. The Morgan fingerprint density at radius 3 is 1.96 bits per heavy atom. The molecule has 136 valence electrons. The first-order valence-electron chi connectivity index (χ1n) is 8.54. The quantitative estimate of drug-likeness (QED) is 0.713. The van der Waals surface area contributed by atoms with Crippen LogP contribution in [0.1, 0.15) is 46.1 Å². The summed E-state index contributed by atoms with van der Waals surface area (Å²) in [6, 6.07) is 9.14. The number of nitrogens with one attached hydrogen (secondary N) is 1. The highest BCUT2D eigenvalue weighted by atomic mass is 16.4. The number of carbonyl (C=O) groups is 2. The average molecular weight is 345 g/mol. The van der Waals surface area contributed by atoms with Crippen LogP contribution in [0.15, 0.2) is 41.5 Å². The molecule has 0 atom stereocenters. The maximum Gasteiger partial charge on any atom is 0.332 e. The number of benzene rings is 1. The van der Waals surface area contributed by atoms with Crippen molar-refractivity contribution in [3.05, 3.63) is 47.0 Å². The summed E-state index contributed by atoms with van der Waals surface area (Å²) < 4.78 is 0. The van der Waals surface area contributed by atoms with E-state index in [0.717, 1.165) is 5.56 Å². The van der Waals surface area contributed by atoms with Crippen molar-refractivity contribution in [2.24, 2.45) is 5.92 Å². The van der Waals surface area contributed by atoms with Crippen LogP contribution in [0.4, 0.5) is 0 Å². The zero-order valence-electron chi connectivity index (χ0n) is 15.3. The number of rotatable bonds is 5. The van der Waals surface area contributed by atoms with E-state index in [0.29, 0.717) is 12.8 Å². The fraction of sp³-hybridized carbons (Fsp3) is 0.500. The zero-order valence-corrected chi connectivity index (χ0v) is 15.3. The van der Waals surface area contributed by atoms with Gasteiger partial charge in [0.1, 0.15) is 0 Å². The van der Waals surface area contributed by atoms with E-state index in [1.165, 1.54) is 0 Å². The van der Waals surface area contributed by atoms with Gasteiger partial charge in [-0.1, -0.05) is 30.3 Å². The molecule has 1 heterocycles. The maximum atomic E-state index is 12.0. The van der Waals surface area contributed by atoms with E-state index in [4.69, 9.17) is 0 Å². The molecule has 3 N–H and O–H groups in total. The predicted octanol–water partition coefficient (Wildman–Crippen LogP) is 3.25. The second kappa shape index (κ2) is 7.00. The molecule has 2 rings (SSSR count). The van der Waals surface area contributed by atoms with Crippen molar-refractivity contribution in [2.75, 3.05) is 0 Å². The predicted molar refractivity (Wildman–Crippen MR) is 96.5 cm³/mol. The van der Waals surface area contributed by atoms with Crippen molar-refractivity contribution < 1.29 is 19.8 Å². The van der Waals surface area contributed by atoms with Crippen molar-refractivity contribution in [2.45, 2.75) is 58.0 Å². The Morgan fingerprint density at radius 1 is 1.00 bits per heavy atom. The SMILES string of the molecule is CC1(C)CC(/C(C(=O)O)=C(\Cc2ccccc2)C(=O)O)CC(C)(C)N1. The van der Waals surface area contributed by atoms with Crippen molar-refractivity contribution in [1.29, 1.82) is 0 Å². The zero-order chi connectivity index (χ0) is 18.8. The highest BCUT2D eigenvalue weighted by Crippen LogP contribution is 2.38. The lowest BCUT2D eigenvalue weighted by Crippen LogP contribution is -2.58. The van der Waals surface area contributed by atoms with Gasteiger partial charge in [0.15, 0.2) is 0 Å². The maximum absolute atomic E-state index is 12.0. The van der Waals surface area contributed by atoms with Crippen LogP contribution in [0.5, 0.6) is 0 Å². The van der Waals surface area contributed by atoms with Gasteiger partial charge in [-0.05, 0) is 52.0 Å². The molecule has 0 aromatic heterocycles. The molecule has 1 aliphatic rings. The van der Waals surface area contributed by atoms with E-state index in [-0.39, 0.29) is 34.6 Å². The third kappa shape index (κ3) is 4.92. The highest BCUT2D eigenvalue weighted by Gasteiger charge is 2.41. The van der Waals surface area contributed by atoms with Gasteiger partial charge in [0.25, 0.3) is 0 Å². The van der Waals surface area contributed by atoms with Gasteiger partial charge in [-0.25, -0.2) is 9.59 Å². The van der Waals surface area contributed by atoms with E-state index >= 15 is 0 Å². The molecule has 1 aromatic carbocycles. The summed E-state index contributed by atoms with van der Waals surface area (Å²) in [4.78, 5) is 23.9. The lowest BCUT2D eigenvalue weighted by atomic mass is 9.71. The summed E-state index contributed by atoms with van der Waals surface area (Å²) in [6.45, 7) is 8.10. The first-order valence-corrected chi connectivity index (χ1v) is 8.54. The van der Waals surface area contributed by atoms with Crippen LogP contribution in [-0.4, -0.2) is 33.2 Å². The Kier molecular flexibility index (Phi) is 5.37. The smallest absolute Gasteiger partial charge is 0.332 e. The minimum Gasteiger partial charge on any atom is -0.478 e. The van der Waals surface area contributed by atoms with Crippen molar-refractivity contribution in [3.8, 4) is 0 Å². The van der Waals surface area contributed by atoms with Crippen molar-refractivity contribution in [1.82, 2.24) is 5.32 Å². The lowest BCUT2D eigenvalue weighted by molar-refractivity contribution is -0.136. The van der Waals surface area contributed by atoms with Crippen LogP contribution in [0.2, 0.25) is 0 Å². The number of carboxylic acid groups (broad SMARTS) is 2. The summed E-state index contributed by atoms with van der Waals surface area (Å²) in [5.74, 6) is -2.60. The van der Waals surface area contributed by atoms with Crippen LogP contribution < -0.4 is 5.32 Å². The molecule has 0 unspecified atom stereocenters. The van der Waals surface area contributed by atoms with Crippen LogP contribution in [-0.2, 0) is 16.0 Å². The van der Waals surface area contributed by atoms with Crippen molar-refractivity contribution in [3.63, 3.8) is 0 Å². The second-order valence-corrected chi connectivity index (χ2v) is 8.16. The van der Waals surface area contributed by atoms with Gasteiger partial charge in [-0.3, -0.25) is 0 Å². The van der Waals surface area contributed by atoms with Gasteiger partial charge in [0.2, 0.25) is 0 Å². The standard InChI is InChI=1S/C20H27NO4/c1-19(2)11-14(12-20(3,4)21-19)16(18(24)25)15(17(22)23)10-13-8-6-5-7-9-13/h5-9,14,21H,10-12H2,1-4H3,(H,22,23)(H,24,25)/b16-15-. The van der Waals surface area contributed by atoms with E-state index in [2.05, 4.69) is 5.32 Å². The third-order valence-electron chi connectivity index (χ3n) is 4.64. The number of hydrogen-bond donors (Lipinski definition) is 3. The average Bonchev–Trinajstić information content (AvgIpc) is 2.43. The van der Waals surface area contributed by atoms with E-state index < -0.39 is 11.9 Å². The lowest BCUT2D eigenvalue weighted by Gasteiger charge is -2.47. The van der Waals surface area contributed by atoms with E-state index in [1.807, 2.05) is 58.0 Å². The largest absolute Gasteiger partial charge is 0.478 e. The number of carboxylic acids is 2. The molecule has 1 saturated heterocycles. The van der Waals surface area contributed by atoms with Crippen LogP contribution in [0.25, 0.3) is 0 Å². The summed E-state index contributed by atoms with van der Waals surface area (Å²) in [5.41, 5.74) is 0.301. The van der Waals surface area contributed by atoms with Crippen LogP contribution >= 0.6 is 0 Å². The van der Waals surface area contributed by atoms with Gasteiger partial charge in [-0.15, -0.1) is 0 Å². The van der Waals surface area contributed by atoms with Crippen molar-refractivity contribution >= 4 is 11.9 Å². The summed E-state index contributed by atoms with van der Waals surface area (Å²) in [5, 5.41) is 23.0. The molecule has 0 spiro atoms. The molecule has 5 heteroatoms. The number of piperidine rings is 1. The molecule has 1 aromatic rings. The first-order chi connectivity index (χ1) is 11.5. The fourth-order valence-electron chi connectivity index (χ4n) is 4.16. The fourth-order valence-corrected chi connectivity index (χ4v) is 4.16. The molecular formula is C20H27NO4. The Bertz CT molecular complexity index is 673. The molecule has 0 radical (unpaired) electrons. The first kappa shape index (κ1) is 19.2. The van der Waals surface area contributed by atoms with E-state index in [1.54, 1.807) is 0 Å². The molecule has 0 amide bonds. The molecule has 0 saturated carbocycles. The number of hydrogen-bond acceptors (Lipinski definition) is 3. The second-order valence-electron chi connectivity index (χ2n) is 8.16. The third-order valence-corrected chi connectivity index (χ3v) is 4.64. The van der Waals surface area contributed by atoms with Gasteiger partial charge in [0, 0.05) is 17.5 Å². The Labute approximate surface area is 148 Å². The van der Waals surface area contributed by atoms with Gasteiger partial charge in [-0.2, -0.15) is 0 Å².